The van der Waals surface area contributed by atoms with Crippen LogP contribution in [0.1, 0.15) is 5.56 Å². The van der Waals surface area contributed by atoms with Crippen molar-refractivity contribution >= 4 is 60.8 Å². The maximum absolute atomic E-state index is 6.34. The molecule has 24 heavy (non-hydrogen) atoms. The summed E-state index contributed by atoms with van der Waals surface area (Å²) in [5.74, 6) is 0. The van der Waals surface area contributed by atoms with Crippen LogP contribution in [0, 0.1) is 6.92 Å². The third kappa shape index (κ3) is 2.07. The van der Waals surface area contributed by atoms with Crippen molar-refractivity contribution in [3.63, 3.8) is 0 Å². The molecule has 0 bridgehead atoms. The van der Waals surface area contributed by atoms with Gasteiger partial charge < -0.3 is 0 Å². The molecule has 0 unspecified atom stereocenters. The topological polar surface area (TPSA) is 0 Å². The van der Waals surface area contributed by atoms with Crippen LogP contribution < -0.4 is 0 Å². The van der Waals surface area contributed by atoms with Gasteiger partial charge in [0.15, 0.2) is 0 Å². The summed E-state index contributed by atoms with van der Waals surface area (Å²) in [6.07, 6.45) is 0. The first-order valence-electron chi connectivity index (χ1n) is 7.75. The van der Waals surface area contributed by atoms with Crippen molar-refractivity contribution in [2.24, 2.45) is 0 Å². The zero-order valence-corrected chi connectivity index (χ0v) is 16.0. The highest BCUT2D eigenvalue weighted by atomic mass is 79.9. The lowest BCUT2D eigenvalue weighted by atomic mass is 9.91. The van der Waals surface area contributed by atoms with Crippen LogP contribution in [-0.2, 0) is 0 Å². The molecule has 0 aliphatic carbocycles. The third-order valence-corrected chi connectivity index (χ3v) is 6.51. The summed E-state index contributed by atoms with van der Waals surface area (Å²) in [5, 5.41) is 5.94. The van der Waals surface area contributed by atoms with Crippen molar-refractivity contribution in [1.82, 2.24) is 0 Å². The van der Waals surface area contributed by atoms with Crippen molar-refractivity contribution in [2.45, 2.75) is 16.7 Å². The molecule has 0 radical (unpaired) electrons. The van der Waals surface area contributed by atoms with Crippen molar-refractivity contribution in [3.05, 3.63) is 69.7 Å². The van der Waals surface area contributed by atoms with Crippen LogP contribution in [-0.4, -0.2) is 0 Å². The summed E-state index contributed by atoms with van der Waals surface area (Å²) in [6, 6.07) is 19.6. The highest BCUT2D eigenvalue weighted by molar-refractivity contribution is 9.10. The Morgan fingerprint density at radius 2 is 1.71 bits per heavy atom. The Bertz CT molecular complexity index is 1160. The monoisotopic (exact) mass is 410 g/mol. The maximum atomic E-state index is 6.34. The zero-order chi connectivity index (χ0) is 16.4. The van der Waals surface area contributed by atoms with Crippen LogP contribution in [0.2, 0.25) is 5.02 Å². The minimum Gasteiger partial charge on any atom is -0.0887 e. The Morgan fingerprint density at radius 3 is 2.58 bits per heavy atom. The summed E-state index contributed by atoms with van der Waals surface area (Å²) >= 11 is 11.8. The van der Waals surface area contributed by atoms with E-state index in [1.807, 2.05) is 17.8 Å². The Labute approximate surface area is 158 Å². The zero-order valence-electron chi connectivity index (χ0n) is 12.9. The molecule has 3 heteroatoms. The number of halogens is 2. The average molecular weight is 412 g/mol. The first-order chi connectivity index (χ1) is 11.6. The molecule has 1 aliphatic heterocycles. The summed E-state index contributed by atoms with van der Waals surface area (Å²) < 4.78 is 1.12. The van der Waals surface area contributed by atoms with Gasteiger partial charge in [0.2, 0.25) is 0 Å². The minimum atomic E-state index is 0.800. The van der Waals surface area contributed by atoms with Crippen LogP contribution >= 0.6 is 39.3 Å². The van der Waals surface area contributed by atoms with E-state index >= 15 is 0 Å². The molecular formula is C21H12BrClS. The van der Waals surface area contributed by atoms with Gasteiger partial charge in [0, 0.05) is 24.7 Å². The molecule has 0 N–H and O–H groups in total. The van der Waals surface area contributed by atoms with E-state index in [4.69, 9.17) is 11.6 Å². The highest BCUT2D eigenvalue weighted by Gasteiger charge is 2.21. The van der Waals surface area contributed by atoms with Gasteiger partial charge in [-0.2, -0.15) is 0 Å². The van der Waals surface area contributed by atoms with E-state index in [0.717, 1.165) is 9.50 Å². The second-order valence-electron chi connectivity index (χ2n) is 6.16. The fourth-order valence-corrected chi connectivity index (χ4v) is 5.60. The van der Waals surface area contributed by atoms with Crippen LogP contribution in [0.15, 0.2) is 68.9 Å². The predicted molar refractivity (Wildman–Crippen MR) is 108 cm³/mol. The van der Waals surface area contributed by atoms with Crippen molar-refractivity contribution in [1.29, 1.82) is 0 Å². The Kier molecular flexibility index (Phi) is 3.25. The Balaban J connectivity index is 2.03. The third-order valence-electron chi connectivity index (χ3n) is 4.68. The number of hydrogen-bond donors (Lipinski definition) is 0. The summed E-state index contributed by atoms with van der Waals surface area (Å²) in [4.78, 5) is 2.61. The van der Waals surface area contributed by atoms with Gasteiger partial charge >= 0.3 is 0 Å². The number of aryl methyl sites for hydroxylation is 1. The van der Waals surface area contributed by atoms with E-state index in [0.29, 0.717) is 0 Å². The first kappa shape index (κ1) is 14.8. The lowest BCUT2D eigenvalue weighted by molar-refractivity contribution is 1.38. The van der Waals surface area contributed by atoms with E-state index in [9.17, 15) is 0 Å². The summed E-state index contributed by atoms with van der Waals surface area (Å²) in [7, 11) is 0. The molecule has 0 amide bonds. The van der Waals surface area contributed by atoms with Gasteiger partial charge in [-0.15, -0.1) is 0 Å². The largest absolute Gasteiger partial charge is 0.0887 e. The van der Waals surface area contributed by atoms with Gasteiger partial charge in [0.25, 0.3) is 0 Å². The molecule has 1 heterocycles. The molecule has 4 aromatic rings. The van der Waals surface area contributed by atoms with Gasteiger partial charge in [0.1, 0.15) is 0 Å². The lowest BCUT2D eigenvalue weighted by Gasteiger charge is -2.22. The quantitative estimate of drug-likeness (QED) is 0.234. The molecule has 5 rings (SSSR count). The molecule has 0 spiro atoms. The molecule has 0 atom stereocenters. The summed E-state index contributed by atoms with van der Waals surface area (Å²) in [6.45, 7) is 2.14. The maximum Gasteiger partial charge on any atom is 0.0415 e. The van der Waals surface area contributed by atoms with Gasteiger partial charge in [-0.05, 0) is 76.2 Å². The molecule has 1 aliphatic rings. The van der Waals surface area contributed by atoms with Crippen molar-refractivity contribution in [2.75, 3.05) is 0 Å². The van der Waals surface area contributed by atoms with E-state index in [1.165, 1.54) is 48.0 Å². The highest BCUT2D eigenvalue weighted by Crippen LogP contribution is 2.50. The number of benzene rings is 4. The molecule has 0 fully saturated rings. The van der Waals surface area contributed by atoms with Gasteiger partial charge in [-0.1, -0.05) is 57.5 Å². The fourth-order valence-electron chi connectivity index (χ4n) is 3.64. The van der Waals surface area contributed by atoms with E-state index in [2.05, 4.69) is 71.4 Å². The SMILES string of the molecule is Cc1cc(Cl)cc2c1cc1c3c(cccc32)Sc2cc(Br)ccc2-1. The Morgan fingerprint density at radius 1 is 0.833 bits per heavy atom. The molecule has 0 nitrogen and oxygen atoms in total. The Hall–Kier alpha value is -1.48. The van der Waals surface area contributed by atoms with Crippen molar-refractivity contribution < 1.29 is 0 Å². The molecule has 116 valence electrons. The van der Waals surface area contributed by atoms with Gasteiger partial charge in [0.05, 0.1) is 0 Å². The molecule has 0 saturated heterocycles. The van der Waals surface area contributed by atoms with Gasteiger partial charge in [-0.25, -0.2) is 0 Å². The van der Waals surface area contributed by atoms with Gasteiger partial charge in [-0.3, -0.25) is 0 Å². The normalized spacial score (nSPS) is 12.6. The van der Waals surface area contributed by atoms with Crippen LogP contribution in [0.5, 0.6) is 0 Å². The fraction of sp³-hybridized carbons (Fsp3) is 0.0476. The molecule has 0 saturated carbocycles. The van der Waals surface area contributed by atoms with Crippen molar-refractivity contribution in [3.8, 4) is 11.1 Å². The number of hydrogen-bond acceptors (Lipinski definition) is 1. The van der Waals surface area contributed by atoms with Crippen LogP contribution in [0.3, 0.4) is 0 Å². The smallest absolute Gasteiger partial charge is 0.0415 e. The van der Waals surface area contributed by atoms with E-state index < -0.39 is 0 Å². The first-order valence-corrected chi connectivity index (χ1v) is 9.74. The summed E-state index contributed by atoms with van der Waals surface area (Å²) in [5.41, 5.74) is 3.85. The lowest BCUT2D eigenvalue weighted by Crippen LogP contribution is -1.94. The average Bonchev–Trinajstić information content (AvgIpc) is 2.55. The van der Waals surface area contributed by atoms with E-state index in [-0.39, 0.29) is 0 Å². The predicted octanol–water partition coefficient (Wildman–Crippen LogP) is 7.85. The second-order valence-corrected chi connectivity index (χ2v) is 8.60. The van der Waals surface area contributed by atoms with E-state index in [1.54, 1.807) is 0 Å². The molecular weight excluding hydrogens is 400 g/mol. The number of fused-ring (bicyclic) bond motifs is 4. The minimum absolute atomic E-state index is 0.800. The van der Waals surface area contributed by atoms with Crippen LogP contribution in [0.25, 0.3) is 32.7 Å². The standard InChI is InChI=1S/C21H12BrClS/c1-11-7-13(23)9-17-15-3-2-4-19-21(15)18(10-16(11)17)14-6-5-12(22)8-20(14)24-19/h2-10H,1H3. The molecule has 4 aromatic carbocycles. The second kappa shape index (κ2) is 5.26. The number of rotatable bonds is 0. The molecule has 0 aromatic heterocycles. The van der Waals surface area contributed by atoms with Crippen LogP contribution in [0.4, 0.5) is 0 Å².